The summed E-state index contributed by atoms with van der Waals surface area (Å²) in [6.07, 6.45) is 0.330. The average molecular weight is 310 g/mol. The molecule has 0 amide bonds. The van der Waals surface area contributed by atoms with E-state index in [1.54, 1.807) is 5.38 Å². The number of nitrogens with one attached hydrogen (secondary N) is 1. The van der Waals surface area contributed by atoms with Gasteiger partial charge in [-0.1, -0.05) is 0 Å². The molecule has 1 aromatic rings. The quantitative estimate of drug-likeness (QED) is 0.792. The Morgan fingerprint density at radius 3 is 2.72 bits per heavy atom. The third-order valence-corrected chi connectivity index (χ3v) is 7.46. The molecule has 18 heavy (non-hydrogen) atoms. The van der Waals surface area contributed by atoms with E-state index in [0.29, 0.717) is 6.42 Å². The molecule has 102 valence electrons. The van der Waals surface area contributed by atoms with Crippen LogP contribution in [0.25, 0.3) is 0 Å². The van der Waals surface area contributed by atoms with Gasteiger partial charge in [-0.25, -0.2) is 21.6 Å². The standard InChI is InChI=1S/C9H14N2O4S3/c10-4-7-3-9(16-5-7)18(14,15)11-8-1-2-17(12,13)6-8/h3,5,8,11H,1-2,4,6,10H2. The highest BCUT2D eigenvalue weighted by Gasteiger charge is 2.31. The van der Waals surface area contributed by atoms with Crippen LogP contribution >= 0.6 is 11.3 Å². The average Bonchev–Trinajstić information content (AvgIpc) is 2.84. The van der Waals surface area contributed by atoms with E-state index in [0.717, 1.165) is 16.9 Å². The van der Waals surface area contributed by atoms with Gasteiger partial charge in [0.15, 0.2) is 9.84 Å². The van der Waals surface area contributed by atoms with Crippen LogP contribution in [0.4, 0.5) is 0 Å². The third kappa shape index (κ3) is 3.09. The van der Waals surface area contributed by atoms with Crippen molar-refractivity contribution in [3.05, 3.63) is 17.0 Å². The van der Waals surface area contributed by atoms with E-state index in [1.807, 2.05) is 0 Å². The maximum atomic E-state index is 12.0. The summed E-state index contributed by atoms with van der Waals surface area (Å²) in [4.78, 5) is 0. The first-order valence-corrected chi connectivity index (χ1v) is 9.51. The monoisotopic (exact) mass is 310 g/mol. The topological polar surface area (TPSA) is 106 Å². The predicted molar refractivity (Wildman–Crippen MR) is 69.6 cm³/mol. The fourth-order valence-electron chi connectivity index (χ4n) is 1.77. The minimum Gasteiger partial charge on any atom is -0.326 e. The highest BCUT2D eigenvalue weighted by molar-refractivity contribution is 7.92. The van der Waals surface area contributed by atoms with Gasteiger partial charge in [0.2, 0.25) is 10.0 Å². The number of hydrogen-bond donors (Lipinski definition) is 2. The van der Waals surface area contributed by atoms with Crippen LogP contribution in [0, 0.1) is 0 Å². The van der Waals surface area contributed by atoms with Gasteiger partial charge < -0.3 is 5.73 Å². The highest BCUT2D eigenvalue weighted by atomic mass is 32.2. The molecule has 0 radical (unpaired) electrons. The van der Waals surface area contributed by atoms with Crippen LogP contribution in [0.1, 0.15) is 12.0 Å². The summed E-state index contributed by atoms with van der Waals surface area (Å²) in [6, 6.07) is 0.986. The van der Waals surface area contributed by atoms with Gasteiger partial charge in [-0.3, -0.25) is 0 Å². The Bertz CT molecular complexity index is 633. The number of sulfone groups is 1. The van der Waals surface area contributed by atoms with E-state index in [2.05, 4.69) is 4.72 Å². The zero-order chi connectivity index (χ0) is 13.4. The highest BCUT2D eigenvalue weighted by Crippen LogP contribution is 2.21. The molecular formula is C9H14N2O4S3. The lowest BCUT2D eigenvalue weighted by molar-refractivity contribution is 0.564. The Morgan fingerprint density at radius 1 is 1.50 bits per heavy atom. The SMILES string of the molecule is NCc1csc(S(=O)(=O)NC2CCS(=O)(=O)C2)c1. The molecule has 1 fully saturated rings. The maximum absolute atomic E-state index is 12.0. The number of rotatable bonds is 4. The molecule has 2 heterocycles. The molecule has 9 heteroatoms. The van der Waals surface area contributed by atoms with Crippen LogP contribution in [-0.4, -0.2) is 34.4 Å². The molecule has 0 spiro atoms. The number of thiophene rings is 1. The zero-order valence-corrected chi connectivity index (χ0v) is 11.9. The van der Waals surface area contributed by atoms with Crippen molar-refractivity contribution in [3.63, 3.8) is 0 Å². The van der Waals surface area contributed by atoms with Crippen LogP contribution in [0.3, 0.4) is 0 Å². The second kappa shape index (κ2) is 4.89. The van der Waals surface area contributed by atoms with Gasteiger partial charge in [0, 0.05) is 12.6 Å². The summed E-state index contributed by atoms with van der Waals surface area (Å²) in [5, 5.41) is 1.68. The minimum atomic E-state index is -3.63. The smallest absolute Gasteiger partial charge is 0.250 e. The van der Waals surface area contributed by atoms with Crippen molar-refractivity contribution in [2.75, 3.05) is 11.5 Å². The van der Waals surface area contributed by atoms with Crippen molar-refractivity contribution in [2.24, 2.45) is 5.73 Å². The molecule has 6 nitrogen and oxygen atoms in total. The van der Waals surface area contributed by atoms with Crippen LogP contribution in [0.5, 0.6) is 0 Å². The lowest BCUT2D eigenvalue weighted by atomic mass is 10.3. The van der Waals surface area contributed by atoms with E-state index in [-0.39, 0.29) is 22.3 Å². The Hall–Kier alpha value is -0.480. The minimum absolute atomic E-state index is 0.0404. The molecule has 2 rings (SSSR count). The van der Waals surface area contributed by atoms with Crippen molar-refractivity contribution in [3.8, 4) is 0 Å². The van der Waals surface area contributed by atoms with Gasteiger partial charge in [-0.2, -0.15) is 0 Å². The Morgan fingerprint density at radius 2 is 2.22 bits per heavy atom. The van der Waals surface area contributed by atoms with Gasteiger partial charge in [0.25, 0.3) is 0 Å². The van der Waals surface area contributed by atoms with Crippen LogP contribution in [0.2, 0.25) is 0 Å². The summed E-state index contributed by atoms with van der Waals surface area (Å²) in [5.41, 5.74) is 6.17. The molecule has 0 saturated carbocycles. The second-order valence-electron chi connectivity index (χ2n) is 4.20. The van der Waals surface area contributed by atoms with Crippen molar-refractivity contribution >= 4 is 31.2 Å². The number of nitrogens with two attached hydrogens (primary N) is 1. The number of hydrogen-bond acceptors (Lipinski definition) is 6. The molecule has 1 unspecified atom stereocenters. The molecule has 1 aromatic heterocycles. The second-order valence-corrected chi connectivity index (χ2v) is 9.28. The van der Waals surface area contributed by atoms with Crippen LogP contribution < -0.4 is 10.5 Å². The van der Waals surface area contributed by atoms with Crippen LogP contribution in [-0.2, 0) is 26.4 Å². The summed E-state index contributed by atoms with van der Waals surface area (Å²) in [6.45, 7) is 0.282. The summed E-state index contributed by atoms with van der Waals surface area (Å²) < 4.78 is 49.1. The van der Waals surface area contributed by atoms with E-state index in [1.165, 1.54) is 6.07 Å². The van der Waals surface area contributed by atoms with Crippen molar-refractivity contribution in [2.45, 2.75) is 23.2 Å². The van der Waals surface area contributed by atoms with E-state index in [4.69, 9.17) is 5.73 Å². The Kier molecular flexibility index (Phi) is 3.79. The summed E-state index contributed by atoms with van der Waals surface area (Å²) in [5.74, 6) is -0.0833. The fourth-order valence-corrected chi connectivity index (χ4v) is 6.05. The van der Waals surface area contributed by atoms with Gasteiger partial charge >= 0.3 is 0 Å². The normalized spacial score (nSPS) is 23.3. The van der Waals surface area contributed by atoms with Crippen molar-refractivity contribution in [1.82, 2.24) is 4.72 Å². The maximum Gasteiger partial charge on any atom is 0.250 e. The first kappa shape index (κ1) is 13.9. The summed E-state index contributed by atoms with van der Waals surface area (Å²) >= 11 is 1.08. The van der Waals surface area contributed by atoms with E-state index >= 15 is 0 Å². The fraction of sp³-hybridized carbons (Fsp3) is 0.556. The molecule has 3 N–H and O–H groups in total. The number of sulfonamides is 1. The molecular weight excluding hydrogens is 296 g/mol. The summed E-state index contributed by atoms with van der Waals surface area (Å²) in [7, 11) is -6.73. The van der Waals surface area contributed by atoms with Gasteiger partial charge in [-0.15, -0.1) is 11.3 Å². The van der Waals surface area contributed by atoms with Crippen molar-refractivity contribution < 1.29 is 16.8 Å². The van der Waals surface area contributed by atoms with Gasteiger partial charge in [-0.05, 0) is 23.4 Å². The molecule has 0 aliphatic carbocycles. The Labute approximate surface area is 110 Å². The largest absolute Gasteiger partial charge is 0.326 e. The molecule has 1 atom stereocenters. The zero-order valence-electron chi connectivity index (χ0n) is 9.50. The lowest BCUT2D eigenvalue weighted by Gasteiger charge is -2.09. The first-order valence-electron chi connectivity index (χ1n) is 5.33. The van der Waals surface area contributed by atoms with Gasteiger partial charge in [0.1, 0.15) is 4.21 Å². The van der Waals surface area contributed by atoms with E-state index < -0.39 is 25.9 Å². The first-order chi connectivity index (χ1) is 8.32. The molecule has 0 bridgehead atoms. The molecule has 1 aliphatic heterocycles. The van der Waals surface area contributed by atoms with Crippen molar-refractivity contribution in [1.29, 1.82) is 0 Å². The predicted octanol–water partition coefficient (Wildman–Crippen LogP) is -0.328. The molecule has 1 saturated heterocycles. The van der Waals surface area contributed by atoms with Crippen LogP contribution in [0.15, 0.2) is 15.7 Å². The van der Waals surface area contributed by atoms with E-state index in [9.17, 15) is 16.8 Å². The Balaban J connectivity index is 2.13. The molecule has 1 aliphatic rings. The van der Waals surface area contributed by atoms with Gasteiger partial charge in [0.05, 0.1) is 11.5 Å². The molecule has 0 aromatic carbocycles. The third-order valence-electron chi connectivity index (χ3n) is 2.68. The lowest BCUT2D eigenvalue weighted by Crippen LogP contribution is -2.35.